The Hall–Kier alpha value is -2.28. The van der Waals surface area contributed by atoms with Gasteiger partial charge in [0.1, 0.15) is 11.8 Å². The highest BCUT2D eigenvalue weighted by atomic mass is 35.5. The molecule has 0 saturated heterocycles. The number of nitrogens with two attached hydrogens (primary N) is 1. The molecule has 0 fully saturated rings. The minimum absolute atomic E-state index is 0.0756. The summed E-state index contributed by atoms with van der Waals surface area (Å²) in [6.07, 6.45) is 0.409. The summed E-state index contributed by atoms with van der Waals surface area (Å²) in [5, 5.41) is 10.8. The topological polar surface area (TPSA) is 155 Å². The molecule has 0 aliphatic carbocycles. The summed E-state index contributed by atoms with van der Waals surface area (Å²) in [4.78, 5) is 31.7. The van der Waals surface area contributed by atoms with Gasteiger partial charge in [-0.15, -0.1) is 5.48 Å². The minimum Gasteiger partial charge on any atom is -0.370 e. The van der Waals surface area contributed by atoms with E-state index in [1.807, 2.05) is 0 Å². The van der Waals surface area contributed by atoms with E-state index >= 15 is 0 Å². The van der Waals surface area contributed by atoms with Gasteiger partial charge in [0.25, 0.3) is 0 Å². The zero-order valence-corrected chi connectivity index (χ0v) is 23.4. The van der Waals surface area contributed by atoms with Crippen molar-refractivity contribution in [2.75, 3.05) is 19.3 Å². The maximum absolute atomic E-state index is 12.9. The number of rotatable bonds is 12. The normalized spacial score (nSPS) is 12.0. The lowest BCUT2D eigenvalue weighted by atomic mass is 10.1. The standard InChI is InChI=1S/C22H25Cl4N5O5S/c1-31(20(32)12-37(34,35)18-9-16(25)8-17(26)10-18)19(3-2-4-29-22(27)28)21(33)36-30-11-13-5-14(23)7-15(24)6-13/h5-10,19,30H,2-4,11-12H2,1H3,(H4,27,28,29)/t19-/m0/s1. The fourth-order valence-corrected chi connectivity index (χ4v) is 5.72. The molecule has 0 radical (unpaired) electrons. The van der Waals surface area contributed by atoms with Crippen molar-refractivity contribution in [2.24, 2.45) is 5.73 Å². The average Bonchev–Trinajstić information content (AvgIpc) is 2.76. The van der Waals surface area contributed by atoms with E-state index in [0.29, 0.717) is 22.0 Å². The van der Waals surface area contributed by atoms with Crippen LogP contribution in [-0.2, 0) is 30.8 Å². The molecule has 0 heterocycles. The second-order valence-corrected chi connectivity index (χ2v) is 11.6. The van der Waals surface area contributed by atoms with Crippen molar-refractivity contribution in [1.29, 1.82) is 5.41 Å². The Kier molecular flexibility index (Phi) is 11.7. The Morgan fingerprint density at radius 2 is 1.57 bits per heavy atom. The van der Waals surface area contributed by atoms with Crippen LogP contribution in [0.4, 0.5) is 0 Å². The summed E-state index contributed by atoms with van der Waals surface area (Å²) in [6, 6.07) is 7.39. The summed E-state index contributed by atoms with van der Waals surface area (Å²) in [5.41, 5.74) is 8.41. The average molecular weight is 613 g/mol. The first-order valence-electron chi connectivity index (χ1n) is 10.7. The molecule has 0 unspecified atom stereocenters. The molecule has 37 heavy (non-hydrogen) atoms. The summed E-state index contributed by atoms with van der Waals surface area (Å²) in [6.45, 7) is 0.321. The summed E-state index contributed by atoms with van der Waals surface area (Å²) >= 11 is 23.7. The van der Waals surface area contributed by atoms with Crippen molar-refractivity contribution in [2.45, 2.75) is 30.3 Å². The molecule has 0 bridgehead atoms. The second-order valence-electron chi connectivity index (χ2n) is 7.89. The van der Waals surface area contributed by atoms with E-state index in [-0.39, 0.29) is 40.4 Å². The third kappa shape index (κ3) is 10.2. The Bertz CT molecular complexity index is 1220. The number of benzene rings is 2. The molecule has 2 rings (SSSR count). The predicted molar refractivity (Wildman–Crippen MR) is 144 cm³/mol. The van der Waals surface area contributed by atoms with Crippen molar-refractivity contribution < 1.29 is 22.8 Å². The summed E-state index contributed by atoms with van der Waals surface area (Å²) < 4.78 is 25.6. The van der Waals surface area contributed by atoms with Crippen LogP contribution in [0.5, 0.6) is 0 Å². The number of halogens is 4. The van der Waals surface area contributed by atoms with Crippen LogP contribution < -0.4 is 16.5 Å². The van der Waals surface area contributed by atoms with Crippen LogP contribution in [0.25, 0.3) is 0 Å². The van der Waals surface area contributed by atoms with E-state index in [4.69, 9.17) is 62.4 Å². The van der Waals surface area contributed by atoms with E-state index < -0.39 is 33.5 Å². The van der Waals surface area contributed by atoms with E-state index in [0.717, 1.165) is 4.90 Å². The van der Waals surface area contributed by atoms with Gasteiger partial charge in [0.15, 0.2) is 15.8 Å². The highest BCUT2D eigenvalue weighted by molar-refractivity contribution is 7.92. The molecule has 0 spiro atoms. The van der Waals surface area contributed by atoms with Crippen molar-refractivity contribution >= 4 is 74.1 Å². The molecule has 2 aromatic rings. The predicted octanol–water partition coefficient (Wildman–Crippen LogP) is 3.41. The van der Waals surface area contributed by atoms with Gasteiger partial charge >= 0.3 is 5.97 Å². The third-order valence-corrected chi connectivity index (χ3v) is 7.44. The molecule has 15 heteroatoms. The van der Waals surface area contributed by atoms with Crippen molar-refractivity contribution in [3.05, 3.63) is 62.1 Å². The molecule has 1 amide bonds. The first-order valence-corrected chi connectivity index (χ1v) is 13.9. The number of hydroxylamine groups is 1. The summed E-state index contributed by atoms with van der Waals surface area (Å²) in [5.74, 6) is -2.85. The van der Waals surface area contributed by atoms with E-state index in [2.05, 4.69) is 10.8 Å². The highest BCUT2D eigenvalue weighted by Gasteiger charge is 2.31. The monoisotopic (exact) mass is 611 g/mol. The quantitative estimate of drug-likeness (QED) is 0.123. The lowest BCUT2D eigenvalue weighted by Gasteiger charge is -2.26. The number of carbonyl (C=O) groups excluding carboxylic acids is 2. The van der Waals surface area contributed by atoms with Gasteiger partial charge in [-0.1, -0.05) is 46.4 Å². The molecule has 202 valence electrons. The molecule has 0 aromatic heterocycles. The number of nitrogens with zero attached hydrogens (tertiary/aromatic N) is 1. The number of amides is 1. The van der Waals surface area contributed by atoms with E-state index in [9.17, 15) is 18.0 Å². The smallest absolute Gasteiger partial charge is 0.347 e. The Morgan fingerprint density at radius 3 is 2.11 bits per heavy atom. The number of likely N-dealkylation sites (N-methyl/N-ethyl adjacent to an activating group) is 1. The van der Waals surface area contributed by atoms with Gasteiger partial charge in [0.2, 0.25) is 5.91 Å². The Morgan fingerprint density at radius 1 is 1.03 bits per heavy atom. The molecule has 0 saturated carbocycles. The summed E-state index contributed by atoms with van der Waals surface area (Å²) in [7, 11) is -2.82. The van der Waals surface area contributed by atoms with Crippen LogP contribution in [0.1, 0.15) is 18.4 Å². The molecule has 2 aromatic carbocycles. The maximum Gasteiger partial charge on any atom is 0.347 e. The molecular weight excluding hydrogens is 588 g/mol. The van der Waals surface area contributed by atoms with Crippen molar-refractivity contribution in [3.63, 3.8) is 0 Å². The molecule has 0 aliphatic heterocycles. The number of sulfone groups is 1. The van der Waals surface area contributed by atoms with Gasteiger partial charge in [-0.25, -0.2) is 13.2 Å². The number of hydrogen-bond donors (Lipinski definition) is 4. The zero-order chi connectivity index (χ0) is 27.8. The number of guanidine groups is 1. The third-order valence-electron chi connectivity index (χ3n) is 4.98. The molecule has 0 aliphatic rings. The molecule has 10 nitrogen and oxygen atoms in total. The van der Waals surface area contributed by atoms with Gasteiger partial charge in [0, 0.05) is 33.7 Å². The van der Waals surface area contributed by atoms with Gasteiger partial charge in [-0.2, -0.15) is 0 Å². The number of nitrogens with one attached hydrogen (secondary N) is 3. The van der Waals surface area contributed by atoms with Crippen LogP contribution in [0.2, 0.25) is 20.1 Å². The van der Waals surface area contributed by atoms with Crippen LogP contribution in [0.15, 0.2) is 41.3 Å². The number of hydrogen-bond acceptors (Lipinski definition) is 7. The van der Waals surface area contributed by atoms with Crippen molar-refractivity contribution in [3.8, 4) is 0 Å². The van der Waals surface area contributed by atoms with Gasteiger partial charge < -0.3 is 20.8 Å². The highest BCUT2D eigenvalue weighted by Crippen LogP contribution is 2.24. The Labute approximate surface area is 234 Å². The van der Waals surface area contributed by atoms with Crippen LogP contribution >= 0.6 is 46.4 Å². The SMILES string of the molecule is CN(C(=O)CS(=O)(=O)c1cc(Cl)cc(Cl)c1)[C@@H](CCCNC(=N)N)C(=O)ONCc1cc(Cl)cc(Cl)c1. The molecule has 5 N–H and O–H groups in total. The fraction of sp³-hybridized carbons (Fsp3) is 0.318. The molecule has 1 atom stereocenters. The minimum atomic E-state index is -4.12. The Balaban J connectivity index is 2.11. The lowest BCUT2D eigenvalue weighted by Crippen LogP contribution is -2.47. The van der Waals surface area contributed by atoms with Crippen LogP contribution in [0.3, 0.4) is 0 Å². The fourth-order valence-electron chi connectivity index (χ4n) is 3.19. The van der Waals surface area contributed by atoms with Crippen LogP contribution in [0, 0.1) is 5.41 Å². The van der Waals surface area contributed by atoms with Gasteiger partial charge in [-0.3, -0.25) is 10.2 Å². The zero-order valence-electron chi connectivity index (χ0n) is 19.6. The first-order chi connectivity index (χ1) is 17.3. The van der Waals surface area contributed by atoms with Crippen LogP contribution in [-0.4, -0.2) is 56.5 Å². The molecular formula is C22H25Cl4N5O5S. The van der Waals surface area contributed by atoms with E-state index in [1.165, 1.54) is 25.2 Å². The van der Waals surface area contributed by atoms with Gasteiger partial charge in [-0.05, 0) is 54.8 Å². The lowest BCUT2D eigenvalue weighted by molar-refractivity contribution is -0.161. The van der Waals surface area contributed by atoms with E-state index in [1.54, 1.807) is 18.2 Å². The van der Waals surface area contributed by atoms with Crippen molar-refractivity contribution in [1.82, 2.24) is 15.7 Å². The largest absolute Gasteiger partial charge is 0.370 e. The first kappa shape index (κ1) is 30.9. The van der Waals surface area contributed by atoms with Gasteiger partial charge in [0.05, 0.1) is 11.4 Å². The maximum atomic E-state index is 12.9. The number of carbonyl (C=O) groups is 2. The second kappa shape index (κ2) is 14.0.